The Kier molecular flexibility index (Phi) is 39.7. The molecule has 0 fully saturated rings. The van der Waals surface area contributed by atoms with Crippen molar-refractivity contribution in [2.75, 3.05) is 30.0 Å². The van der Waals surface area contributed by atoms with Gasteiger partial charge < -0.3 is 0 Å². The van der Waals surface area contributed by atoms with Gasteiger partial charge in [0.1, 0.15) is 0 Å². The SMILES string of the molecule is C=CCBr.CCCCCCCCCCCCCCCC[PH](CCCC)(CCCC)CCCC.P. The molecule has 0 radical (unpaired) electrons. The third kappa shape index (κ3) is 29.3. The number of halogens is 1. The molecule has 0 saturated heterocycles. The predicted octanol–water partition coefficient (Wildman–Crippen LogP) is 12.2. The summed E-state index contributed by atoms with van der Waals surface area (Å²) < 4.78 is 0. The normalized spacial score (nSPS) is 11.4. The zero-order valence-electron chi connectivity index (χ0n) is 24.5. The number of alkyl halides is 1. The zero-order chi connectivity index (χ0) is 24.9. The van der Waals surface area contributed by atoms with Gasteiger partial charge in [0, 0.05) is 5.33 Å². The Hall–Kier alpha value is 1.08. The molecule has 0 aromatic heterocycles. The van der Waals surface area contributed by atoms with Gasteiger partial charge in [0.2, 0.25) is 0 Å². The van der Waals surface area contributed by atoms with Crippen LogP contribution in [0.3, 0.4) is 0 Å². The van der Waals surface area contributed by atoms with Gasteiger partial charge in [-0.2, -0.15) is 9.90 Å². The number of hydrogen-bond donors (Lipinski definition) is 0. The van der Waals surface area contributed by atoms with E-state index in [0.717, 1.165) is 5.33 Å². The molecule has 0 saturated carbocycles. The zero-order valence-corrected chi connectivity index (χ0v) is 28.5. The Morgan fingerprint density at radius 2 is 0.706 bits per heavy atom. The molecule has 0 heterocycles. The standard InChI is InChI=1S/C28H61P.C3H5Br.H3P/c1-5-9-13-14-15-16-17-18-19-20-21-22-23-24-28-29(25-10-6-2,26-11-7-3)27-12-8-4;1-2-3-4;/h29H,5-28H2,1-4H3;2H,1,3H2;1H3. The largest absolute Gasteiger partial charge is 0.153 e. The van der Waals surface area contributed by atoms with Gasteiger partial charge in [0.25, 0.3) is 0 Å². The smallest absolute Gasteiger partial charge is 0.153 e. The second-order valence-corrected chi connectivity index (χ2v) is 16.2. The molecule has 0 N–H and O–H groups in total. The fraction of sp³-hybridized carbons (Fsp3) is 0.935. The summed E-state index contributed by atoms with van der Waals surface area (Å²) in [6.45, 7) is 12.9. The van der Waals surface area contributed by atoms with Crippen molar-refractivity contribution in [1.82, 2.24) is 0 Å². The summed E-state index contributed by atoms with van der Waals surface area (Å²) in [6.07, 6.45) is 38.0. The average molecular weight is 584 g/mol. The molecule has 0 amide bonds. The topological polar surface area (TPSA) is 0 Å². The maximum Gasteiger partial charge on any atom is -0.153 e. The fourth-order valence-electron chi connectivity index (χ4n) is 5.10. The van der Waals surface area contributed by atoms with Crippen LogP contribution < -0.4 is 0 Å². The first-order chi connectivity index (χ1) is 16.2. The number of unbranched alkanes of at least 4 members (excludes halogenated alkanes) is 16. The third-order valence-corrected chi connectivity index (χ3v) is 13.5. The van der Waals surface area contributed by atoms with Crippen molar-refractivity contribution in [2.45, 2.75) is 156 Å². The number of rotatable bonds is 25. The molecule has 0 rings (SSSR count). The molecule has 0 aliphatic rings. The van der Waals surface area contributed by atoms with Crippen LogP contribution in [0.4, 0.5) is 0 Å². The van der Waals surface area contributed by atoms with Crippen molar-refractivity contribution in [3.63, 3.8) is 0 Å². The van der Waals surface area contributed by atoms with Gasteiger partial charge in [0.05, 0.1) is 0 Å². The molecule has 3 heteroatoms. The summed E-state index contributed by atoms with van der Waals surface area (Å²) in [5, 5.41) is 0.896. The van der Waals surface area contributed by atoms with E-state index in [1.54, 1.807) is 37.1 Å². The molecule has 34 heavy (non-hydrogen) atoms. The Labute approximate surface area is 231 Å². The van der Waals surface area contributed by atoms with Gasteiger partial charge in [-0.25, -0.2) is 0 Å². The van der Waals surface area contributed by atoms with Gasteiger partial charge in [-0.05, 0) is 0 Å². The summed E-state index contributed by atoms with van der Waals surface area (Å²) in [5.74, 6) is 0. The Morgan fingerprint density at radius 1 is 0.471 bits per heavy atom. The van der Waals surface area contributed by atoms with Crippen molar-refractivity contribution in [3.8, 4) is 0 Å². The van der Waals surface area contributed by atoms with E-state index >= 15 is 0 Å². The number of hydrogen-bond acceptors (Lipinski definition) is 0. The first kappa shape index (κ1) is 39.6. The van der Waals surface area contributed by atoms with Crippen molar-refractivity contribution in [1.29, 1.82) is 0 Å². The van der Waals surface area contributed by atoms with Crippen LogP contribution in [0.15, 0.2) is 12.7 Å². The van der Waals surface area contributed by atoms with Crippen molar-refractivity contribution >= 4 is 33.1 Å². The molecule has 0 nitrogen and oxygen atoms in total. The fourth-order valence-corrected chi connectivity index (χ4v) is 10.9. The molecule has 1 atom stereocenters. The van der Waals surface area contributed by atoms with E-state index in [0.29, 0.717) is 0 Å². The summed E-state index contributed by atoms with van der Waals surface area (Å²) in [6, 6.07) is 0. The van der Waals surface area contributed by atoms with Crippen LogP contribution in [-0.2, 0) is 0 Å². The van der Waals surface area contributed by atoms with E-state index in [4.69, 9.17) is 0 Å². The maximum atomic E-state index is 3.43. The Morgan fingerprint density at radius 3 is 0.971 bits per heavy atom. The maximum absolute atomic E-state index is 3.43. The first-order valence-corrected chi connectivity index (χ1v) is 19.3. The van der Waals surface area contributed by atoms with Crippen LogP contribution in [-0.4, -0.2) is 30.0 Å². The van der Waals surface area contributed by atoms with Crippen LogP contribution in [0, 0.1) is 0 Å². The third-order valence-electron chi connectivity index (χ3n) is 7.35. The molecular weight excluding hydrogens is 514 g/mol. The van der Waals surface area contributed by atoms with Crippen LogP contribution in [0.2, 0.25) is 0 Å². The van der Waals surface area contributed by atoms with Gasteiger partial charge in [0.15, 0.2) is 0 Å². The molecular formula is C31H69BrP2. The van der Waals surface area contributed by atoms with Crippen LogP contribution in [0.5, 0.6) is 0 Å². The monoisotopic (exact) mass is 582 g/mol. The second-order valence-electron chi connectivity index (χ2n) is 10.6. The van der Waals surface area contributed by atoms with Crippen LogP contribution in [0.25, 0.3) is 0 Å². The van der Waals surface area contributed by atoms with E-state index in [1.165, 1.54) is 122 Å². The van der Waals surface area contributed by atoms with Crippen LogP contribution in [0.1, 0.15) is 156 Å². The van der Waals surface area contributed by atoms with Gasteiger partial charge in [-0.15, -0.1) is 6.58 Å². The van der Waals surface area contributed by atoms with Crippen LogP contribution >= 0.6 is 33.1 Å². The van der Waals surface area contributed by atoms with Crippen molar-refractivity contribution in [2.24, 2.45) is 0 Å². The molecule has 210 valence electrons. The molecule has 0 spiro atoms. The second kappa shape index (κ2) is 34.1. The minimum Gasteiger partial charge on any atom is -0.153 e. The molecule has 0 aromatic carbocycles. The minimum absolute atomic E-state index is 0. The van der Waals surface area contributed by atoms with E-state index in [-0.39, 0.29) is 9.90 Å². The van der Waals surface area contributed by atoms with Gasteiger partial charge in [-0.3, -0.25) is 0 Å². The van der Waals surface area contributed by atoms with E-state index in [9.17, 15) is 0 Å². The average Bonchev–Trinajstić information content (AvgIpc) is 2.85. The molecule has 0 aliphatic heterocycles. The van der Waals surface area contributed by atoms with E-state index in [2.05, 4.69) is 50.2 Å². The predicted molar refractivity (Wildman–Crippen MR) is 178 cm³/mol. The summed E-state index contributed by atoms with van der Waals surface area (Å²) in [7, 11) is -0.961. The quantitative estimate of drug-likeness (QED) is 0.0434. The van der Waals surface area contributed by atoms with Crippen molar-refractivity contribution in [3.05, 3.63) is 12.7 Å². The number of allylic oxidation sites excluding steroid dienone is 1. The molecule has 0 bridgehead atoms. The van der Waals surface area contributed by atoms with Gasteiger partial charge in [-0.1, -0.05) is 48.2 Å². The van der Waals surface area contributed by atoms with E-state index in [1.807, 2.05) is 0 Å². The minimum atomic E-state index is -0.961. The Bertz CT molecular complexity index is 338. The van der Waals surface area contributed by atoms with Crippen molar-refractivity contribution < 1.29 is 0 Å². The van der Waals surface area contributed by atoms with Gasteiger partial charge >= 0.3 is 162 Å². The van der Waals surface area contributed by atoms with E-state index < -0.39 is 7.26 Å². The Balaban J connectivity index is -0.00000177. The molecule has 0 aliphatic carbocycles. The summed E-state index contributed by atoms with van der Waals surface area (Å²) >= 11 is 3.13. The molecule has 0 aromatic rings. The molecule has 1 unspecified atom stereocenters. The first-order valence-electron chi connectivity index (χ1n) is 15.3. The summed E-state index contributed by atoms with van der Waals surface area (Å²) in [4.78, 5) is 0. The summed E-state index contributed by atoms with van der Waals surface area (Å²) in [5.41, 5.74) is 0.